The van der Waals surface area contributed by atoms with E-state index in [4.69, 9.17) is 0 Å². The van der Waals surface area contributed by atoms with Gasteiger partial charge in [-0.2, -0.15) is 0 Å². The molecule has 0 saturated heterocycles. The molecule has 0 heterocycles. The third-order valence-corrected chi connectivity index (χ3v) is 1.36. The fourth-order valence-electron chi connectivity index (χ4n) is 0.827. The Bertz CT molecular complexity index is 296. The summed E-state index contributed by atoms with van der Waals surface area (Å²) in [5, 5.41) is 9.22. The van der Waals surface area contributed by atoms with Crippen LogP contribution in [0.2, 0.25) is 0 Å². The molecule has 0 aliphatic carbocycles. The van der Waals surface area contributed by atoms with Crippen LogP contribution in [0.25, 0.3) is 6.08 Å². The lowest BCUT2D eigenvalue weighted by molar-refractivity contribution is -0.536. The highest BCUT2D eigenvalue weighted by molar-refractivity contribution is 5.49. The second kappa shape index (κ2) is 4.92. The van der Waals surface area contributed by atoms with Crippen molar-refractivity contribution in [2.75, 3.05) is 0 Å². The molecule has 67 valence electrons. The van der Waals surface area contributed by atoms with E-state index in [0.717, 1.165) is 5.56 Å². The zero-order chi connectivity index (χ0) is 9.52. The van der Waals surface area contributed by atoms with Crippen LogP contribution >= 0.6 is 0 Å². The van der Waals surface area contributed by atoms with E-state index in [9.17, 15) is 10.1 Å². The minimum absolute atomic E-state index is 0.616. The van der Waals surface area contributed by atoms with E-state index in [0.29, 0.717) is 0 Å². The van der Waals surface area contributed by atoms with E-state index in [2.05, 4.69) is 0 Å². The largest absolute Gasteiger partial charge is 0.235 e. The van der Waals surface area contributed by atoms with E-state index >= 15 is 0 Å². The van der Waals surface area contributed by atoms with Crippen molar-refractivity contribution in [3.8, 4) is 0 Å². The number of hydrogen-bond acceptors (Lipinski definition) is 2. The maximum Gasteiger partial charge on any atom is 0.158 e. The molecule has 0 aliphatic rings. The number of benzene rings is 1. The van der Waals surface area contributed by atoms with E-state index in [-0.39, 0.29) is 0 Å². The molecule has 0 bridgehead atoms. The average molecular weight is 177 g/mol. The molecular formula is C9H9N2O2. The maximum absolute atomic E-state index is 9.84. The lowest BCUT2D eigenvalue weighted by atomic mass is 10.2. The van der Waals surface area contributed by atoms with Crippen LogP contribution in [0.1, 0.15) is 5.56 Å². The van der Waals surface area contributed by atoms with Crippen LogP contribution in [0.3, 0.4) is 0 Å². The predicted molar refractivity (Wildman–Crippen MR) is 49.9 cm³/mol. The molecule has 0 aromatic heterocycles. The molecule has 1 aromatic carbocycles. The Morgan fingerprint density at radius 1 is 1.31 bits per heavy atom. The van der Waals surface area contributed by atoms with Gasteiger partial charge in [0.1, 0.15) is 6.54 Å². The molecule has 0 fully saturated rings. The lowest BCUT2D eigenvalue weighted by Crippen LogP contribution is -2.16. The zero-order valence-corrected chi connectivity index (χ0v) is 6.88. The molecule has 0 atom stereocenters. The second-order valence-corrected chi connectivity index (χ2v) is 2.32. The summed E-state index contributed by atoms with van der Waals surface area (Å²) in [4.78, 5) is 9.84. The van der Waals surface area contributed by atoms with Crippen molar-refractivity contribution in [1.82, 2.24) is 5.43 Å². The highest BCUT2D eigenvalue weighted by atomic mass is 16.7. The second-order valence-electron chi connectivity index (χ2n) is 2.32. The van der Waals surface area contributed by atoms with Crippen molar-refractivity contribution < 1.29 is 5.03 Å². The van der Waals surface area contributed by atoms with Crippen LogP contribution in [0.4, 0.5) is 0 Å². The number of nitrogens with one attached hydrogen (secondary N) is 1. The van der Waals surface area contributed by atoms with E-state index in [1.807, 2.05) is 35.8 Å². The number of nitro groups is 1. The Morgan fingerprint density at radius 3 is 2.62 bits per heavy atom. The van der Waals surface area contributed by atoms with E-state index < -0.39 is 5.03 Å². The molecular weight excluding hydrogens is 168 g/mol. The normalized spacial score (nSPS) is 10.2. The van der Waals surface area contributed by atoms with Gasteiger partial charge >= 0.3 is 0 Å². The predicted octanol–water partition coefficient (Wildman–Crippen LogP) is 1.64. The van der Waals surface area contributed by atoms with Gasteiger partial charge in [-0.3, -0.25) is 0 Å². The summed E-state index contributed by atoms with van der Waals surface area (Å²) in [7, 11) is 0. The first-order valence-corrected chi connectivity index (χ1v) is 3.74. The standard InChI is InChI=1S/C9H9N2O2/c12-11(13)10-8-4-7-9-5-2-1-3-6-9/h1-8,10H/b7-4+. The molecule has 1 aromatic rings. The Hall–Kier alpha value is -1.84. The highest BCUT2D eigenvalue weighted by Gasteiger charge is 1.88. The van der Waals surface area contributed by atoms with Gasteiger partial charge in [0.2, 0.25) is 0 Å². The van der Waals surface area contributed by atoms with Crippen molar-refractivity contribution in [3.63, 3.8) is 0 Å². The summed E-state index contributed by atoms with van der Waals surface area (Å²) in [6.07, 6.45) is 3.36. The first-order valence-electron chi connectivity index (χ1n) is 3.74. The molecule has 4 heteroatoms. The molecule has 1 rings (SSSR count). The SMILES string of the molecule is O=[N+]([O-])N[CH]/C=C/c1ccccc1. The van der Waals surface area contributed by atoms with Gasteiger partial charge in [0.15, 0.2) is 5.03 Å². The zero-order valence-electron chi connectivity index (χ0n) is 6.88. The van der Waals surface area contributed by atoms with Crippen LogP contribution < -0.4 is 5.43 Å². The van der Waals surface area contributed by atoms with Gasteiger partial charge in [-0.15, -0.1) is 5.43 Å². The van der Waals surface area contributed by atoms with Gasteiger partial charge in [0, 0.05) is 0 Å². The highest BCUT2D eigenvalue weighted by Crippen LogP contribution is 2.00. The first kappa shape index (κ1) is 9.25. The van der Waals surface area contributed by atoms with Crippen molar-refractivity contribution in [2.24, 2.45) is 0 Å². The lowest BCUT2D eigenvalue weighted by Gasteiger charge is -1.90. The summed E-state index contributed by atoms with van der Waals surface area (Å²) in [5.74, 6) is 0. The van der Waals surface area contributed by atoms with Gasteiger partial charge in [-0.25, -0.2) is 10.1 Å². The van der Waals surface area contributed by atoms with Crippen molar-refractivity contribution in [3.05, 3.63) is 58.6 Å². The third kappa shape index (κ3) is 3.91. The molecule has 0 aliphatic heterocycles. The van der Waals surface area contributed by atoms with Crippen LogP contribution in [0, 0.1) is 16.7 Å². The van der Waals surface area contributed by atoms with Gasteiger partial charge in [-0.1, -0.05) is 42.5 Å². The van der Waals surface area contributed by atoms with Gasteiger partial charge in [0.05, 0.1) is 0 Å². The fourth-order valence-corrected chi connectivity index (χ4v) is 0.827. The minimum atomic E-state index is -0.616. The molecule has 4 nitrogen and oxygen atoms in total. The van der Waals surface area contributed by atoms with E-state index in [1.54, 1.807) is 12.2 Å². The molecule has 1 N–H and O–H groups in total. The molecule has 0 unspecified atom stereocenters. The molecule has 0 saturated carbocycles. The quantitative estimate of drug-likeness (QED) is 0.561. The summed E-state index contributed by atoms with van der Waals surface area (Å²) < 4.78 is 0. The Labute approximate surface area is 76.0 Å². The Balaban J connectivity index is 2.37. The number of nitrogens with zero attached hydrogens (tertiary/aromatic N) is 1. The molecule has 13 heavy (non-hydrogen) atoms. The number of hydrogen-bond donors (Lipinski definition) is 1. The summed E-state index contributed by atoms with van der Waals surface area (Å²) in [6.45, 7) is 1.27. The van der Waals surface area contributed by atoms with Crippen molar-refractivity contribution in [2.45, 2.75) is 0 Å². The molecule has 1 radical (unpaired) electrons. The Kier molecular flexibility index (Phi) is 3.50. The van der Waals surface area contributed by atoms with Crippen LogP contribution in [0.15, 0.2) is 36.4 Å². The number of hydrazine groups is 1. The average Bonchev–Trinajstić information content (AvgIpc) is 2.14. The van der Waals surface area contributed by atoms with Crippen LogP contribution in [0.5, 0.6) is 0 Å². The molecule has 0 amide bonds. The fraction of sp³-hybridized carbons (Fsp3) is 0. The van der Waals surface area contributed by atoms with Gasteiger partial charge in [-0.05, 0) is 5.56 Å². The van der Waals surface area contributed by atoms with Gasteiger partial charge in [0.25, 0.3) is 0 Å². The van der Waals surface area contributed by atoms with E-state index in [1.165, 1.54) is 6.54 Å². The van der Waals surface area contributed by atoms with Crippen molar-refractivity contribution >= 4 is 6.08 Å². The van der Waals surface area contributed by atoms with Gasteiger partial charge < -0.3 is 0 Å². The Morgan fingerprint density at radius 2 is 2.00 bits per heavy atom. The van der Waals surface area contributed by atoms with Crippen molar-refractivity contribution in [1.29, 1.82) is 0 Å². The van der Waals surface area contributed by atoms with Crippen LogP contribution in [-0.2, 0) is 0 Å². The summed E-state index contributed by atoms with van der Waals surface area (Å²) >= 11 is 0. The molecule has 0 spiro atoms. The summed E-state index contributed by atoms with van der Waals surface area (Å²) in [5.41, 5.74) is 2.93. The maximum atomic E-state index is 9.84. The van der Waals surface area contributed by atoms with Crippen LogP contribution in [-0.4, -0.2) is 5.03 Å². The minimum Gasteiger partial charge on any atom is -0.235 e. The summed E-state index contributed by atoms with van der Waals surface area (Å²) in [6, 6.07) is 9.55. The number of rotatable bonds is 4. The third-order valence-electron chi connectivity index (χ3n) is 1.36. The smallest absolute Gasteiger partial charge is 0.158 e. The topological polar surface area (TPSA) is 55.2 Å². The first-order chi connectivity index (χ1) is 6.29. The monoisotopic (exact) mass is 177 g/mol.